The molecule has 1 nitrogen and oxygen atoms in total. The first-order valence-electron chi connectivity index (χ1n) is 5.12. The number of ketones is 1. The van der Waals surface area contributed by atoms with E-state index in [0.717, 1.165) is 11.1 Å². The van der Waals surface area contributed by atoms with Crippen LogP contribution in [0.4, 0.5) is 4.39 Å². The number of hydrogen-bond acceptors (Lipinski definition) is 2. The lowest BCUT2D eigenvalue weighted by Gasteiger charge is -2.03. The zero-order valence-electron chi connectivity index (χ0n) is 8.95. The van der Waals surface area contributed by atoms with Crippen LogP contribution in [0.3, 0.4) is 0 Å². The maximum absolute atomic E-state index is 12.9. The third-order valence-electron chi connectivity index (χ3n) is 2.38. The van der Waals surface area contributed by atoms with E-state index in [1.807, 2.05) is 16.8 Å². The Morgan fingerprint density at radius 2 is 2.12 bits per heavy atom. The summed E-state index contributed by atoms with van der Waals surface area (Å²) in [6.45, 7) is 0. The van der Waals surface area contributed by atoms with Gasteiger partial charge in [-0.25, -0.2) is 4.39 Å². The van der Waals surface area contributed by atoms with Crippen LogP contribution in [-0.4, -0.2) is 5.78 Å². The number of thiophene rings is 1. The van der Waals surface area contributed by atoms with E-state index in [-0.39, 0.29) is 11.6 Å². The van der Waals surface area contributed by atoms with Gasteiger partial charge in [0.25, 0.3) is 0 Å². The van der Waals surface area contributed by atoms with E-state index in [2.05, 4.69) is 15.9 Å². The van der Waals surface area contributed by atoms with Crippen molar-refractivity contribution in [1.29, 1.82) is 0 Å². The standard InChI is InChI=1S/C13H10BrFOS/c14-13-7-11(15)2-1-10(13)6-12(16)5-9-3-4-17-8-9/h1-4,7-8H,5-6H2. The Labute approximate surface area is 111 Å². The van der Waals surface area contributed by atoms with Crippen molar-refractivity contribution in [2.45, 2.75) is 12.8 Å². The highest BCUT2D eigenvalue weighted by atomic mass is 79.9. The molecule has 4 heteroatoms. The van der Waals surface area contributed by atoms with Gasteiger partial charge in [0, 0.05) is 17.3 Å². The molecular formula is C13H10BrFOS. The van der Waals surface area contributed by atoms with Crippen molar-refractivity contribution in [2.24, 2.45) is 0 Å². The second-order valence-electron chi connectivity index (χ2n) is 3.76. The molecule has 0 saturated carbocycles. The molecule has 1 aromatic heterocycles. The fraction of sp³-hybridized carbons (Fsp3) is 0.154. The molecule has 0 bridgehead atoms. The highest BCUT2D eigenvalue weighted by Crippen LogP contribution is 2.19. The van der Waals surface area contributed by atoms with Crippen LogP contribution < -0.4 is 0 Å². The van der Waals surface area contributed by atoms with E-state index in [0.29, 0.717) is 17.3 Å². The van der Waals surface area contributed by atoms with Crippen LogP contribution >= 0.6 is 27.3 Å². The van der Waals surface area contributed by atoms with E-state index in [4.69, 9.17) is 0 Å². The average molecular weight is 313 g/mol. The lowest BCUT2D eigenvalue weighted by molar-refractivity contribution is -0.117. The predicted octanol–water partition coefficient (Wildman–Crippen LogP) is 4.00. The van der Waals surface area contributed by atoms with Crippen molar-refractivity contribution in [3.63, 3.8) is 0 Å². The van der Waals surface area contributed by atoms with Crippen molar-refractivity contribution in [3.05, 3.63) is 56.4 Å². The molecule has 2 aromatic rings. The van der Waals surface area contributed by atoms with Crippen LogP contribution in [0.5, 0.6) is 0 Å². The first kappa shape index (κ1) is 12.5. The maximum Gasteiger partial charge on any atom is 0.141 e. The number of rotatable bonds is 4. The lowest BCUT2D eigenvalue weighted by atomic mass is 10.0. The topological polar surface area (TPSA) is 17.1 Å². The van der Waals surface area contributed by atoms with Crippen molar-refractivity contribution < 1.29 is 9.18 Å². The van der Waals surface area contributed by atoms with E-state index in [1.54, 1.807) is 17.4 Å². The number of Topliss-reactive ketones (excluding diaryl/α,β-unsaturated/α-hetero) is 1. The van der Waals surface area contributed by atoms with Crippen molar-refractivity contribution in [3.8, 4) is 0 Å². The highest BCUT2D eigenvalue weighted by molar-refractivity contribution is 9.10. The summed E-state index contributed by atoms with van der Waals surface area (Å²) in [7, 11) is 0. The molecule has 0 N–H and O–H groups in total. The molecule has 2 rings (SSSR count). The lowest BCUT2D eigenvalue weighted by Crippen LogP contribution is -2.06. The summed E-state index contributed by atoms with van der Waals surface area (Å²) in [6.07, 6.45) is 0.768. The first-order chi connectivity index (χ1) is 8.15. The Hall–Kier alpha value is -1.00. The van der Waals surface area contributed by atoms with Crippen molar-refractivity contribution in [2.75, 3.05) is 0 Å². The van der Waals surface area contributed by atoms with Crippen molar-refractivity contribution >= 4 is 33.0 Å². The fourth-order valence-electron chi connectivity index (χ4n) is 1.56. The van der Waals surface area contributed by atoms with Crippen LogP contribution in [0.2, 0.25) is 0 Å². The van der Waals surface area contributed by atoms with Gasteiger partial charge >= 0.3 is 0 Å². The third-order valence-corrected chi connectivity index (χ3v) is 3.85. The molecule has 88 valence electrons. The number of halogens is 2. The third kappa shape index (κ3) is 3.48. The summed E-state index contributed by atoms with van der Waals surface area (Å²) in [5.74, 6) is -0.165. The van der Waals surface area contributed by atoms with Crippen LogP contribution in [0.1, 0.15) is 11.1 Å². The molecule has 0 amide bonds. The number of hydrogen-bond donors (Lipinski definition) is 0. The van der Waals surface area contributed by atoms with Crippen LogP contribution in [0, 0.1) is 5.82 Å². The normalized spacial score (nSPS) is 10.5. The Bertz CT molecular complexity index is 522. The van der Waals surface area contributed by atoms with Gasteiger partial charge in [-0.1, -0.05) is 22.0 Å². The van der Waals surface area contributed by atoms with E-state index in [1.165, 1.54) is 12.1 Å². The van der Waals surface area contributed by atoms with Gasteiger partial charge in [-0.3, -0.25) is 4.79 Å². The van der Waals surface area contributed by atoms with Gasteiger partial charge < -0.3 is 0 Å². The summed E-state index contributed by atoms with van der Waals surface area (Å²) in [4.78, 5) is 11.8. The van der Waals surface area contributed by atoms with Crippen LogP contribution in [0.15, 0.2) is 39.5 Å². The second-order valence-corrected chi connectivity index (χ2v) is 5.39. The van der Waals surface area contributed by atoms with E-state index < -0.39 is 0 Å². The Morgan fingerprint density at radius 1 is 1.29 bits per heavy atom. The fourth-order valence-corrected chi connectivity index (χ4v) is 2.72. The van der Waals surface area contributed by atoms with E-state index in [9.17, 15) is 9.18 Å². The molecule has 0 aliphatic carbocycles. The molecule has 0 aliphatic rings. The molecule has 1 aromatic carbocycles. The minimum Gasteiger partial charge on any atom is -0.299 e. The van der Waals surface area contributed by atoms with Gasteiger partial charge in [0.1, 0.15) is 11.6 Å². The molecule has 0 spiro atoms. The molecule has 0 fully saturated rings. The molecule has 0 unspecified atom stereocenters. The molecule has 17 heavy (non-hydrogen) atoms. The summed E-state index contributed by atoms with van der Waals surface area (Å²) < 4.78 is 13.5. The number of carbonyl (C=O) groups is 1. The van der Waals surface area contributed by atoms with Gasteiger partial charge in [-0.2, -0.15) is 11.3 Å². The predicted molar refractivity (Wildman–Crippen MR) is 70.8 cm³/mol. The smallest absolute Gasteiger partial charge is 0.141 e. The van der Waals surface area contributed by atoms with Crippen LogP contribution in [0.25, 0.3) is 0 Å². The zero-order valence-corrected chi connectivity index (χ0v) is 11.4. The monoisotopic (exact) mass is 312 g/mol. The molecule has 0 atom stereocenters. The molecule has 0 radical (unpaired) electrons. The van der Waals surface area contributed by atoms with Gasteiger partial charge in [-0.05, 0) is 40.1 Å². The minimum absolute atomic E-state index is 0.135. The van der Waals surface area contributed by atoms with Crippen LogP contribution in [-0.2, 0) is 17.6 Å². The maximum atomic E-state index is 12.9. The molecule has 0 aliphatic heterocycles. The zero-order chi connectivity index (χ0) is 12.3. The van der Waals surface area contributed by atoms with Gasteiger partial charge in [-0.15, -0.1) is 0 Å². The second kappa shape index (κ2) is 5.56. The Balaban J connectivity index is 2.03. The summed E-state index contributed by atoms with van der Waals surface area (Å²) >= 11 is 4.85. The quantitative estimate of drug-likeness (QED) is 0.834. The van der Waals surface area contributed by atoms with Gasteiger partial charge in [0.15, 0.2) is 0 Å². The van der Waals surface area contributed by atoms with E-state index >= 15 is 0 Å². The van der Waals surface area contributed by atoms with Crippen molar-refractivity contribution in [1.82, 2.24) is 0 Å². The summed E-state index contributed by atoms with van der Waals surface area (Å²) in [5.41, 5.74) is 1.87. The molecule has 1 heterocycles. The highest BCUT2D eigenvalue weighted by Gasteiger charge is 2.08. The summed E-state index contributed by atoms with van der Waals surface area (Å²) in [5, 5.41) is 3.92. The Morgan fingerprint density at radius 3 is 2.76 bits per heavy atom. The largest absolute Gasteiger partial charge is 0.299 e. The minimum atomic E-state index is -0.300. The SMILES string of the molecule is O=C(Cc1ccsc1)Cc1ccc(F)cc1Br. The number of carbonyl (C=O) groups excluding carboxylic acids is 1. The molecular weight excluding hydrogens is 303 g/mol. The molecule has 0 saturated heterocycles. The summed E-state index contributed by atoms with van der Waals surface area (Å²) in [6, 6.07) is 6.35. The first-order valence-corrected chi connectivity index (χ1v) is 6.85. The van der Waals surface area contributed by atoms with Gasteiger partial charge in [0.2, 0.25) is 0 Å². The Kier molecular flexibility index (Phi) is 4.07. The van der Waals surface area contributed by atoms with Gasteiger partial charge in [0.05, 0.1) is 0 Å². The number of benzene rings is 1. The average Bonchev–Trinajstić information content (AvgIpc) is 2.75.